The summed E-state index contributed by atoms with van der Waals surface area (Å²) in [5, 5.41) is 0. The van der Waals surface area contributed by atoms with E-state index in [1.165, 1.54) is 12.1 Å². The van der Waals surface area contributed by atoms with Crippen molar-refractivity contribution in [1.29, 1.82) is 0 Å². The van der Waals surface area contributed by atoms with Crippen molar-refractivity contribution in [1.82, 2.24) is 4.98 Å². The van der Waals surface area contributed by atoms with Gasteiger partial charge in [0.1, 0.15) is 5.75 Å². The van der Waals surface area contributed by atoms with Gasteiger partial charge in [-0.15, -0.1) is 0 Å². The topological polar surface area (TPSA) is 48.1 Å². The Morgan fingerprint density at radius 1 is 1.17 bits per heavy atom. The summed E-state index contributed by atoms with van der Waals surface area (Å²) in [7, 11) is 0. The number of hydrogen-bond acceptors (Lipinski definition) is 3. The first-order valence-electron chi connectivity index (χ1n) is 5.39. The van der Waals surface area contributed by atoms with Gasteiger partial charge < -0.3 is 10.5 Å². The van der Waals surface area contributed by atoms with Crippen molar-refractivity contribution in [3.8, 4) is 17.0 Å². The van der Waals surface area contributed by atoms with Crippen LogP contribution >= 0.6 is 0 Å². The van der Waals surface area contributed by atoms with Gasteiger partial charge in [0.05, 0.1) is 5.69 Å². The number of nitrogens with two attached hydrogens (primary N) is 1. The molecule has 0 unspecified atom stereocenters. The molecule has 0 saturated heterocycles. The molecule has 0 atom stereocenters. The largest absolute Gasteiger partial charge is 0.435 e. The SMILES string of the molecule is NCc1ccnc(-c2ccc(OC(F)F)cc2)c1. The molecule has 2 N–H and O–H groups in total. The smallest absolute Gasteiger partial charge is 0.387 e. The van der Waals surface area contributed by atoms with E-state index in [2.05, 4.69) is 9.72 Å². The molecule has 0 fully saturated rings. The monoisotopic (exact) mass is 250 g/mol. The highest BCUT2D eigenvalue weighted by Gasteiger charge is 2.05. The lowest BCUT2D eigenvalue weighted by molar-refractivity contribution is -0.0498. The summed E-state index contributed by atoms with van der Waals surface area (Å²) in [5.74, 6) is 0.128. The molecule has 0 saturated carbocycles. The summed E-state index contributed by atoms with van der Waals surface area (Å²) in [6, 6.07) is 10.0. The molecular weight excluding hydrogens is 238 g/mol. The average Bonchev–Trinajstić information content (AvgIpc) is 2.39. The Labute approximate surface area is 103 Å². The Morgan fingerprint density at radius 2 is 1.89 bits per heavy atom. The van der Waals surface area contributed by atoms with Crippen molar-refractivity contribution < 1.29 is 13.5 Å². The first kappa shape index (κ1) is 12.4. The lowest BCUT2D eigenvalue weighted by Crippen LogP contribution is -2.01. The number of hydrogen-bond donors (Lipinski definition) is 1. The number of alkyl halides is 2. The summed E-state index contributed by atoms with van der Waals surface area (Å²) in [5.41, 5.74) is 8.09. The van der Waals surface area contributed by atoms with Gasteiger partial charge in [0.2, 0.25) is 0 Å². The van der Waals surface area contributed by atoms with E-state index in [4.69, 9.17) is 5.73 Å². The van der Waals surface area contributed by atoms with Crippen LogP contribution in [0.25, 0.3) is 11.3 Å². The second kappa shape index (κ2) is 5.55. The third-order valence-electron chi connectivity index (χ3n) is 2.44. The lowest BCUT2D eigenvalue weighted by atomic mass is 10.1. The van der Waals surface area contributed by atoms with Crippen LogP contribution in [0.5, 0.6) is 5.75 Å². The number of ether oxygens (including phenoxy) is 1. The standard InChI is InChI=1S/C13H12F2N2O/c14-13(15)18-11-3-1-10(2-4-11)12-7-9(8-16)5-6-17-12/h1-7,13H,8,16H2. The van der Waals surface area contributed by atoms with Crippen LogP contribution in [-0.4, -0.2) is 11.6 Å². The molecule has 0 amide bonds. The predicted octanol–water partition coefficient (Wildman–Crippen LogP) is 2.81. The maximum atomic E-state index is 12.0. The van der Waals surface area contributed by atoms with Crippen LogP contribution in [0.4, 0.5) is 8.78 Å². The van der Waals surface area contributed by atoms with Crippen LogP contribution in [0.3, 0.4) is 0 Å². The molecule has 5 heteroatoms. The highest BCUT2D eigenvalue weighted by atomic mass is 19.3. The molecule has 18 heavy (non-hydrogen) atoms. The fourth-order valence-corrected chi connectivity index (χ4v) is 1.57. The van der Waals surface area contributed by atoms with Crippen LogP contribution in [0, 0.1) is 0 Å². The fraction of sp³-hybridized carbons (Fsp3) is 0.154. The first-order chi connectivity index (χ1) is 8.69. The van der Waals surface area contributed by atoms with Crippen LogP contribution < -0.4 is 10.5 Å². The Hall–Kier alpha value is -2.01. The van der Waals surface area contributed by atoms with Crippen LogP contribution in [0.15, 0.2) is 42.6 Å². The second-order valence-electron chi connectivity index (χ2n) is 3.66. The molecule has 1 heterocycles. The van der Waals surface area contributed by atoms with Gasteiger partial charge in [0, 0.05) is 18.3 Å². The zero-order valence-corrected chi connectivity index (χ0v) is 9.51. The molecule has 0 spiro atoms. The van der Waals surface area contributed by atoms with Gasteiger partial charge in [-0.2, -0.15) is 8.78 Å². The van der Waals surface area contributed by atoms with Crippen molar-refractivity contribution in [3.63, 3.8) is 0 Å². The molecule has 1 aromatic heterocycles. The molecule has 1 aromatic carbocycles. The van der Waals surface area contributed by atoms with Crippen molar-refractivity contribution in [3.05, 3.63) is 48.2 Å². The lowest BCUT2D eigenvalue weighted by Gasteiger charge is -2.06. The van der Waals surface area contributed by atoms with Crippen molar-refractivity contribution in [2.45, 2.75) is 13.2 Å². The molecule has 0 aliphatic heterocycles. The number of halogens is 2. The van der Waals surface area contributed by atoms with Crippen LogP contribution in [-0.2, 0) is 6.54 Å². The Morgan fingerprint density at radius 3 is 2.50 bits per heavy atom. The number of aromatic nitrogens is 1. The van der Waals surface area contributed by atoms with E-state index in [1.54, 1.807) is 18.3 Å². The van der Waals surface area contributed by atoms with E-state index in [-0.39, 0.29) is 5.75 Å². The summed E-state index contributed by atoms with van der Waals surface area (Å²) >= 11 is 0. The number of benzene rings is 1. The van der Waals surface area contributed by atoms with Crippen molar-refractivity contribution in [2.24, 2.45) is 5.73 Å². The molecule has 94 valence electrons. The van der Waals surface area contributed by atoms with Gasteiger partial charge in [-0.05, 0) is 42.0 Å². The first-order valence-corrected chi connectivity index (χ1v) is 5.39. The number of nitrogens with zero attached hydrogens (tertiary/aromatic N) is 1. The summed E-state index contributed by atoms with van der Waals surface area (Å²) in [4.78, 5) is 4.20. The molecule has 2 rings (SSSR count). The van der Waals surface area contributed by atoms with E-state index in [0.29, 0.717) is 6.54 Å². The Bertz CT molecular complexity index is 515. The Kier molecular flexibility index (Phi) is 3.84. The molecular formula is C13H12F2N2O. The van der Waals surface area contributed by atoms with E-state index in [9.17, 15) is 8.78 Å². The molecule has 0 aliphatic rings. The third kappa shape index (κ3) is 3.01. The molecule has 0 radical (unpaired) electrons. The van der Waals surface area contributed by atoms with Gasteiger partial charge >= 0.3 is 6.61 Å². The normalized spacial score (nSPS) is 10.7. The average molecular weight is 250 g/mol. The minimum absolute atomic E-state index is 0.128. The van der Waals surface area contributed by atoms with Gasteiger partial charge in [-0.25, -0.2) is 0 Å². The van der Waals surface area contributed by atoms with Gasteiger partial charge in [0.25, 0.3) is 0 Å². The summed E-state index contributed by atoms with van der Waals surface area (Å²) in [6.07, 6.45) is 1.67. The predicted molar refractivity (Wildman–Crippen MR) is 64.2 cm³/mol. The van der Waals surface area contributed by atoms with E-state index in [0.717, 1.165) is 16.8 Å². The highest BCUT2D eigenvalue weighted by Crippen LogP contribution is 2.22. The number of rotatable bonds is 4. The molecule has 0 aliphatic carbocycles. The third-order valence-corrected chi connectivity index (χ3v) is 2.44. The molecule has 3 nitrogen and oxygen atoms in total. The Balaban J connectivity index is 2.22. The van der Waals surface area contributed by atoms with E-state index in [1.807, 2.05) is 12.1 Å². The maximum absolute atomic E-state index is 12.0. The number of pyridine rings is 1. The van der Waals surface area contributed by atoms with Crippen LogP contribution in [0.1, 0.15) is 5.56 Å². The van der Waals surface area contributed by atoms with Gasteiger partial charge in [-0.3, -0.25) is 4.98 Å². The summed E-state index contributed by atoms with van der Waals surface area (Å²) in [6.45, 7) is -2.38. The van der Waals surface area contributed by atoms with E-state index < -0.39 is 6.61 Å². The van der Waals surface area contributed by atoms with E-state index >= 15 is 0 Å². The second-order valence-corrected chi connectivity index (χ2v) is 3.66. The minimum Gasteiger partial charge on any atom is -0.435 e. The van der Waals surface area contributed by atoms with Crippen molar-refractivity contribution in [2.75, 3.05) is 0 Å². The maximum Gasteiger partial charge on any atom is 0.387 e. The van der Waals surface area contributed by atoms with Crippen LogP contribution in [0.2, 0.25) is 0 Å². The zero-order valence-electron chi connectivity index (χ0n) is 9.51. The minimum atomic E-state index is -2.81. The molecule has 0 bridgehead atoms. The zero-order chi connectivity index (χ0) is 13.0. The molecule has 2 aromatic rings. The van der Waals surface area contributed by atoms with Gasteiger partial charge in [0.15, 0.2) is 0 Å². The quantitative estimate of drug-likeness (QED) is 0.907. The van der Waals surface area contributed by atoms with Gasteiger partial charge in [-0.1, -0.05) is 0 Å². The van der Waals surface area contributed by atoms with Crippen molar-refractivity contribution >= 4 is 0 Å². The summed E-state index contributed by atoms with van der Waals surface area (Å²) < 4.78 is 28.3. The fourth-order valence-electron chi connectivity index (χ4n) is 1.57. The highest BCUT2D eigenvalue weighted by molar-refractivity contribution is 5.60.